The van der Waals surface area contributed by atoms with Gasteiger partial charge in [0.05, 0.1) is 23.8 Å². The van der Waals surface area contributed by atoms with E-state index < -0.39 is 27.8 Å². The average Bonchev–Trinajstić information content (AvgIpc) is 2.79. The molecular formula is C23H24I2O7. The molecule has 7 nitrogen and oxygen atoms in total. The summed E-state index contributed by atoms with van der Waals surface area (Å²) in [7, 11) is 1.22. The lowest BCUT2D eigenvalue weighted by atomic mass is 10.1. The van der Waals surface area contributed by atoms with Crippen molar-refractivity contribution in [3.63, 3.8) is 0 Å². The van der Waals surface area contributed by atoms with E-state index in [9.17, 15) is 19.2 Å². The molecule has 0 heterocycles. The number of esters is 3. The van der Waals surface area contributed by atoms with Crippen molar-refractivity contribution in [3.8, 4) is 0 Å². The third kappa shape index (κ3) is 8.85. The number of hydrogen-bond donors (Lipinski definition) is 0. The van der Waals surface area contributed by atoms with Crippen LogP contribution in [0.4, 0.5) is 0 Å². The predicted molar refractivity (Wildman–Crippen MR) is 137 cm³/mol. The maximum absolute atomic E-state index is 12.7. The van der Waals surface area contributed by atoms with Crippen LogP contribution in [0.2, 0.25) is 0 Å². The normalized spacial score (nSPS) is 11.8. The molecule has 0 amide bonds. The summed E-state index contributed by atoms with van der Waals surface area (Å²) in [5.74, 6) is -2.16. The van der Waals surface area contributed by atoms with Gasteiger partial charge in [0, 0.05) is 28.2 Å². The second-order valence-corrected chi connectivity index (χ2v) is 8.47. The largest absolute Gasteiger partial charge is 0.465 e. The first-order valence-electron chi connectivity index (χ1n) is 9.60. The number of allylic oxidation sites excluding steroid dienone is 2. The number of halogens is 2. The highest BCUT2D eigenvalue weighted by Gasteiger charge is 2.24. The molecule has 0 aliphatic rings. The van der Waals surface area contributed by atoms with Gasteiger partial charge in [-0.15, -0.1) is 0 Å². The molecule has 1 aromatic carbocycles. The van der Waals surface area contributed by atoms with Gasteiger partial charge in [-0.3, -0.25) is 4.79 Å². The van der Waals surface area contributed by atoms with E-state index in [4.69, 9.17) is 14.2 Å². The monoisotopic (exact) mass is 666 g/mol. The van der Waals surface area contributed by atoms with Gasteiger partial charge in [-0.1, -0.05) is 54.0 Å². The Morgan fingerprint density at radius 1 is 1.09 bits per heavy atom. The van der Waals surface area contributed by atoms with Crippen molar-refractivity contribution in [1.29, 1.82) is 0 Å². The Labute approximate surface area is 214 Å². The second kappa shape index (κ2) is 14.9. The molecule has 1 rings (SSSR count). The lowest BCUT2D eigenvalue weighted by Gasteiger charge is -2.19. The summed E-state index contributed by atoms with van der Waals surface area (Å²) >= 11 is 3.77. The zero-order chi connectivity index (χ0) is 24.1. The molecule has 1 aromatic rings. The summed E-state index contributed by atoms with van der Waals surface area (Å²) in [5, 5.41) is 0. The van der Waals surface area contributed by atoms with Gasteiger partial charge < -0.3 is 14.2 Å². The van der Waals surface area contributed by atoms with Gasteiger partial charge >= 0.3 is 17.9 Å². The molecule has 9 heteroatoms. The Balaban J connectivity index is 2.97. The van der Waals surface area contributed by atoms with Crippen LogP contribution < -0.4 is 0 Å². The van der Waals surface area contributed by atoms with Gasteiger partial charge in [0.1, 0.15) is 12.7 Å². The Morgan fingerprint density at radius 2 is 1.72 bits per heavy atom. The van der Waals surface area contributed by atoms with E-state index in [1.165, 1.54) is 54.0 Å². The topological polar surface area (TPSA) is 96.0 Å². The summed E-state index contributed by atoms with van der Waals surface area (Å²) in [6.45, 7) is 6.95. The molecular weight excluding hydrogens is 642 g/mol. The van der Waals surface area contributed by atoms with Crippen LogP contribution in [0.15, 0.2) is 60.7 Å². The maximum Gasteiger partial charge on any atom is 0.339 e. The lowest BCUT2D eigenvalue weighted by molar-refractivity contribution is -0.146. The maximum atomic E-state index is 12.7. The van der Waals surface area contributed by atoms with E-state index in [2.05, 4.69) is 35.7 Å². The molecule has 0 saturated heterocycles. The van der Waals surface area contributed by atoms with E-state index >= 15 is 0 Å². The standard InChI is InChI=1S/C23H24I2O7/c1-4-9-17(15(2)20(25)26)23(29)32-16(10-7-8-13-24)14-31-22(28)19-12-6-5-11-18(19)21(27)30-3/h4-6,9,11-12,16H,1-2,7-8,10,13-14H2,3H3/b17-9+. The highest BCUT2D eigenvalue weighted by atomic mass is 127. The number of unbranched alkanes of at least 4 members (excludes halogenated alkanes) is 1. The molecule has 0 aliphatic carbocycles. The van der Waals surface area contributed by atoms with Gasteiger partial charge in [-0.25, -0.2) is 14.4 Å². The van der Waals surface area contributed by atoms with Crippen molar-refractivity contribution < 1.29 is 33.4 Å². The number of benzene rings is 1. The van der Waals surface area contributed by atoms with Crippen LogP contribution in [0.3, 0.4) is 0 Å². The molecule has 32 heavy (non-hydrogen) atoms. The molecule has 0 aromatic heterocycles. The quantitative estimate of drug-likeness (QED) is 0.0438. The number of rotatable bonds is 13. The van der Waals surface area contributed by atoms with Gasteiger partial charge in [-0.05, 0) is 41.9 Å². The van der Waals surface area contributed by atoms with E-state index in [0.717, 1.165) is 17.3 Å². The summed E-state index contributed by atoms with van der Waals surface area (Å²) in [5.41, 5.74) is 0.102. The first-order chi connectivity index (χ1) is 15.3. The summed E-state index contributed by atoms with van der Waals surface area (Å²) in [6, 6.07) is 6.11. The number of carbonyl (C=O) groups is 4. The van der Waals surface area contributed by atoms with Gasteiger partial charge in [0.15, 0.2) is 0 Å². The molecule has 1 atom stereocenters. The smallest absolute Gasteiger partial charge is 0.339 e. The van der Waals surface area contributed by atoms with Crippen LogP contribution in [0.1, 0.15) is 40.0 Å². The third-order valence-electron chi connectivity index (χ3n) is 4.20. The first-order valence-corrected chi connectivity index (χ1v) is 12.2. The molecule has 0 N–H and O–H groups in total. The van der Waals surface area contributed by atoms with E-state index in [1.54, 1.807) is 12.1 Å². The summed E-state index contributed by atoms with van der Waals surface area (Å²) in [4.78, 5) is 48.8. The van der Waals surface area contributed by atoms with Crippen molar-refractivity contribution in [2.24, 2.45) is 0 Å². The Morgan fingerprint density at radius 3 is 2.25 bits per heavy atom. The van der Waals surface area contributed by atoms with E-state index in [0.29, 0.717) is 6.42 Å². The minimum atomic E-state index is -0.759. The first kappa shape index (κ1) is 28.0. The molecule has 0 radical (unpaired) electrons. The SMILES string of the molecule is C=C/C=C(\C(=C)C(=O)I)C(=O)OC(CCCCI)COC(=O)c1ccccc1C(=O)OC. The van der Waals surface area contributed by atoms with Crippen LogP contribution in [0.25, 0.3) is 0 Å². The predicted octanol–water partition coefficient (Wildman–Crippen LogP) is 4.78. The molecule has 172 valence electrons. The highest BCUT2D eigenvalue weighted by Crippen LogP contribution is 2.18. The molecule has 0 bridgehead atoms. The number of hydrogen-bond acceptors (Lipinski definition) is 7. The summed E-state index contributed by atoms with van der Waals surface area (Å²) in [6.07, 6.45) is 4.04. The number of alkyl halides is 1. The molecule has 1 unspecified atom stereocenters. The molecule has 0 saturated carbocycles. The minimum absolute atomic E-state index is 0.00878. The number of methoxy groups -OCH3 is 1. The number of carbonyl (C=O) groups excluding carboxylic acids is 4. The average molecular weight is 666 g/mol. The molecule has 0 fully saturated rings. The van der Waals surface area contributed by atoms with Crippen molar-refractivity contribution in [3.05, 3.63) is 71.8 Å². The van der Waals surface area contributed by atoms with Gasteiger partial charge in [0.2, 0.25) is 3.79 Å². The van der Waals surface area contributed by atoms with Crippen LogP contribution in [-0.4, -0.2) is 45.9 Å². The van der Waals surface area contributed by atoms with Crippen molar-refractivity contribution in [1.82, 2.24) is 0 Å². The van der Waals surface area contributed by atoms with E-state index in [1.807, 2.05) is 0 Å². The number of ether oxygens (including phenoxy) is 3. The van der Waals surface area contributed by atoms with Gasteiger partial charge in [0.25, 0.3) is 0 Å². The minimum Gasteiger partial charge on any atom is -0.465 e. The van der Waals surface area contributed by atoms with Crippen LogP contribution in [-0.2, 0) is 23.8 Å². The fourth-order valence-corrected chi connectivity index (χ4v) is 3.40. The van der Waals surface area contributed by atoms with E-state index in [-0.39, 0.29) is 28.9 Å². The lowest BCUT2D eigenvalue weighted by Crippen LogP contribution is -2.27. The Kier molecular flexibility index (Phi) is 13.1. The third-order valence-corrected chi connectivity index (χ3v) is 5.62. The van der Waals surface area contributed by atoms with Gasteiger partial charge in [-0.2, -0.15) is 0 Å². The second-order valence-electron chi connectivity index (χ2n) is 6.42. The highest BCUT2D eigenvalue weighted by molar-refractivity contribution is 14.1. The Hall–Kier alpha value is -2.02. The van der Waals surface area contributed by atoms with Crippen LogP contribution >= 0.6 is 45.2 Å². The fourth-order valence-electron chi connectivity index (χ4n) is 2.57. The zero-order valence-electron chi connectivity index (χ0n) is 17.6. The van der Waals surface area contributed by atoms with Crippen LogP contribution in [0, 0.1) is 0 Å². The van der Waals surface area contributed by atoms with Crippen molar-refractivity contribution >= 4 is 66.9 Å². The molecule has 0 aliphatic heterocycles. The fraction of sp³-hybridized carbons (Fsp3) is 0.304. The molecule has 0 spiro atoms. The van der Waals surface area contributed by atoms with Crippen molar-refractivity contribution in [2.75, 3.05) is 18.1 Å². The van der Waals surface area contributed by atoms with Crippen LogP contribution in [0.5, 0.6) is 0 Å². The Bertz CT molecular complexity index is 905. The van der Waals surface area contributed by atoms with Crippen molar-refractivity contribution in [2.45, 2.75) is 25.4 Å². The summed E-state index contributed by atoms with van der Waals surface area (Å²) < 4.78 is 16.1. The zero-order valence-corrected chi connectivity index (χ0v) is 21.9.